The summed E-state index contributed by atoms with van der Waals surface area (Å²) in [6.45, 7) is 0.815. The maximum Gasteiger partial charge on any atom is 0.140 e. The second kappa shape index (κ2) is 10.4. The Balaban J connectivity index is 1.47. The lowest BCUT2D eigenvalue weighted by molar-refractivity contribution is 0.201. The molecular formula is C24H25N7O2. The fourth-order valence-electron chi connectivity index (χ4n) is 3.36. The highest BCUT2D eigenvalue weighted by molar-refractivity contribution is 6.09. The molecule has 0 atom stereocenters. The van der Waals surface area contributed by atoms with Gasteiger partial charge in [0.05, 0.1) is 24.2 Å². The Kier molecular flexibility index (Phi) is 6.91. The SMILES string of the molecule is CN=CC(=CN)c1ccc(CNc2cc(-c3cnc4cc(OCCO)ccn34)ncn2)cc1. The van der Waals surface area contributed by atoms with Crippen molar-refractivity contribution in [2.24, 2.45) is 10.7 Å². The average molecular weight is 444 g/mol. The largest absolute Gasteiger partial charge is 0.491 e. The maximum absolute atomic E-state index is 8.92. The van der Waals surface area contributed by atoms with Crippen LogP contribution in [0.4, 0.5) is 5.82 Å². The molecule has 0 amide bonds. The number of allylic oxidation sites excluding steroid dienone is 1. The molecule has 4 N–H and O–H groups in total. The van der Waals surface area contributed by atoms with E-state index in [1.54, 1.807) is 25.7 Å². The monoisotopic (exact) mass is 443 g/mol. The molecule has 168 valence electrons. The van der Waals surface area contributed by atoms with Crippen molar-refractivity contribution in [2.45, 2.75) is 6.54 Å². The Bertz CT molecular complexity index is 1280. The lowest BCUT2D eigenvalue weighted by Gasteiger charge is -2.09. The summed E-state index contributed by atoms with van der Waals surface area (Å²) in [5.74, 6) is 1.36. The summed E-state index contributed by atoms with van der Waals surface area (Å²) < 4.78 is 7.38. The summed E-state index contributed by atoms with van der Waals surface area (Å²) in [7, 11) is 1.72. The number of aromatic nitrogens is 4. The first-order valence-corrected chi connectivity index (χ1v) is 10.4. The van der Waals surface area contributed by atoms with Crippen LogP contribution in [0.2, 0.25) is 0 Å². The van der Waals surface area contributed by atoms with Crippen LogP contribution in [0, 0.1) is 0 Å². The summed E-state index contributed by atoms with van der Waals surface area (Å²) in [6, 6.07) is 13.6. The molecule has 0 unspecified atom stereocenters. The number of anilines is 1. The Morgan fingerprint density at radius 2 is 2.03 bits per heavy atom. The minimum absolute atomic E-state index is 0.0365. The van der Waals surface area contributed by atoms with Gasteiger partial charge in [0.15, 0.2) is 0 Å². The summed E-state index contributed by atoms with van der Waals surface area (Å²) >= 11 is 0. The predicted molar refractivity (Wildman–Crippen MR) is 129 cm³/mol. The second-order valence-corrected chi connectivity index (χ2v) is 7.15. The van der Waals surface area contributed by atoms with Crippen molar-refractivity contribution in [3.05, 3.63) is 78.5 Å². The minimum atomic E-state index is -0.0365. The molecule has 0 radical (unpaired) electrons. The highest BCUT2D eigenvalue weighted by Crippen LogP contribution is 2.23. The zero-order valence-corrected chi connectivity index (χ0v) is 18.2. The lowest BCUT2D eigenvalue weighted by Crippen LogP contribution is -2.03. The number of nitrogens with zero attached hydrogens (tertiary/aromatic N) is 5. The lowest BCUT2D eigenvalue weighted by atomic mass is 10.1. The molecule has 0 bridgehead atoms. The van der Waals surface area contributed by atoms with Gasteiger partial charge in [-0.3, -0.25) is 9.39 Å². The summed E-state index contributed by atoms with van der Waals surface area (Å²) in [5.41, 5.74) is 11.0. The molecule has 1 aromatic carbocycles. The van der Waals surface area contributed by atoms with Gasteiger partial charge in [0.1, 0.15) is 30.1 Å². The fraction of sp³-hybridized carbons (Fsp3) is 0.167. The Morgan fingerprint density at radius 3 is 2.79 bits per heavy atom. The number of nitrogens with two attached hydrogens (primary N) is 1. The van der Waals surface area contributed by atoms with Crippen molar-refractivity contribution in [3.63, 3.8) is 0 Å². The van der Waals surface area contributed by atoms with E-state index in [1.165, 1.54) is 6.33 Å². The molecule has 0 spiro atoms. The van der Waals surface area contributed by atoms with Gasteiger partial charge in [0.25, 0.3) is 0 Å². The highest BCUT2D eigenvalue weighted by Gasteiger charge is 2.10. The average Bonchev–Trinajstić information content (AvgIpc) is 3.29. The third-order valence-corrected chi connectivity index (χ3v) is 4.98. The second-order valence-electron chi connectivity index (χ2n) is 7.15. The topological polar surface area (TPSA) is 123 Å². The number of aliphatic imine (C=N–C) groups is 1. The number of aliphatic hydroxyl groups is 1. The first-order valence-electron chi connectivity index (χ1n) is 10.4. The van der Waals surface area contributed by atoms with E-state index in [-0.39, 0.29) is 13.2 Å². The van der Waals surface area contributed by atoms with Gasteiger partial charge in [-0.05, 0) is 17.2 Å². The zero-order chi connectivity index (χ0) is 23.0. The summed E-state index contributed by atoms with van der Waals surface area (Å²) in [5, 5.41) is 12.3. The van der Waals surface area contributed by atoms with E-state index in [9.17, 15) is 0 Å². The summed E-state index contributed by atoms with van der Waals surface area (Å²) in [4.78, 5) is 17.2. The van der Waals surface area contributed by atoms with Gasteiger partial charge in [-0.1, -0.05) is 24.3 Å². The Hall–Kier alpha value is -4.24. The van der Waals surface area contributed by atoms with Crippen LogP contribution in [-0.2, 0) is 6.54 Å². The number of rotatable bonds is 9. The number of nitrogens with one attached hydrogen (secondary N) is 1. The summed E-state index contributed by atoms with van der Waals surface area (Å²) in [6.07, 6.45) is 8.44. The van der Waals surface area contributed by atoms with Crippen molar-refractivity contribution in [2.75, 3.05) is 25.6 Å². The van der Waals surface area contributed by atoms with Crippen LogP contribution < -0.4 is 15.8 Å². The number of pyridine rings is 1. The number of benzene rings is 1. The van der Waals surface area contributed by atoms with Crippen LogP contribution in [0.5, 0.6) is 5.75 Å². The third-order valence-electron chi connectivity index (χ3n) is 4.98. The highest BCUT2D eigenvalue weighted by atomic mass is 16.5. The quantitative estimate of drug-likeness (QED) is 0.340. The van der Waals surface area contributed by atoms with Crippen LogP contribution >= 0.6 is 0 Å². The minimum Gasteiger partial charge on any atom is -0.491 e. The molecular weight excluding hydrogens is 418 g/mol. The fourth-order valence-corrected chi connectivity index (χ4v) is 3.36. The van der Waals surface area contributed by atoms with Gasteiger partial charge in [-0.25, -0.2) is 15.0 Å². The molecule has 0 fully saturated rings. The molecule has 0 saturated heterocycles. The van der Waals surface area contributed by atoms with E-state index in [0.717, 1.165) is 33.7 Å². The normalized spacial score (nSPS) is 11.9. The van der Waals surface area contributed by atoms with Gasteiger partial charge in [0, 0.05) is 49.9 Å². The number of imidazole rings is 1. The first-order chi connectivity index (χ1) is 16.2. The number of hydrogen-bond acceptors (Lipinski definition) is 8. The van der Waals surface area contributed by atoms with Gasteiger partial charge < -0.3 is 20.9 Å². The van der Waals surface area contributed by atoms with Gasteiger partial charge in [-0.2, -0.15) is 0 Å². The molecule has 4 rings (SSSR count). The van der Waals surface area contributed by atoms with Crippen molar-refractivity contribution in [3.8, 4) is 17.1 Å². The number of hydrogen-bond donors (Lipinski definition) is 3. The van der Waals surface area contributed by atoms with Crippen molar-refractivity contribution >= 4 is 23.3 Å². The van der Waals surface area contributed by atoms with Crippen LogP contribution in [0.1, 0.15) is 11.1 Å². The van der Waals surface area contributed by atoms with E-state index in [2.05, 4.69) is 25.3 Å². The van der Waals surface area contributed by atoms with Gasteiger partial charge in [-0.15, -0.1) is 0 Å². The van der Waals surface area contributed by atoms with E-state index in [4.69, 9.17) is 15.6 Å². The molecule has 33 heavy (non-hydrogen) atoms. The molecule has 4 aromatic rings. The van der Waals surface area contributed by atoms with E-state index in [0.29, 0.717) is 18.1 Å². The molecule has 9 heteroatoms. The number of aliphatic hydroxyl groups excluding tert-OH is 1. The zero-order valence-electron chi connectivity index (χ0n) is 18.2. The van der Waals surface area contributed by atoms with Crippen LogP contribution in [-0.4, -0.2) is 50.9 Å². The molecule has 0 aliphatic rings. The molecule has 3 heterocycles. The Morgan fingerprint density at radius 1 is 1.18 bits per heavy atom. The van der Waals surface area contributed by atoms with Crippen LogP contribution in [0.3, 0.4) is 0 Å². The third kappa shape index (κ3) is 5.16. The van der Waals surface area contributed by atoms with Crippen molar-refractivity contribution in [1.82, 2.24) is 19.4 Å². The van der Waals surface area contributed by atoms with Crippen molar-refractivity contribution in [1.29, 1.82) is 0 Å². The standard InChI is InChI=1S/C24H25N7O2/c1-26-14-19(12-25)18-4-2-17(3-5-18)13-27-23-11-21(29-16-30-23)22-15-28-24-10-20(33-9-8-32)6-7-31(22)24/h2-7,10-12,14-16,32H,8-9,13,25H2,1H3,(H,27,29,30). The van der Waals surface area contributed by atoms with Gasteiger partial charge >= 0.3 is 0 Å². The molecule has 0 saturated carbocycles. The smallest absolute Gasteiger partial charge is 0.140 e. The van der Waals surface area contributed by atoms with E-state index in [1.807, 2.05) is 53.1 Å². The molecule has 0 aliphatic heterocycles. The van der Waals surface area contributed by atoms with E-state index >= 15 is 0 Å². The van der Waals surface area contributed by atoms with Gasteiger partial charge in [0.2, 0.25) is 0 Å². The van der Waals surface area contributed by atoms with Crippen LogP contribution in [0.15, 0.2) is 72.4 Å². The first kappa shape index (κ1) is 22.0. The number of fused-ring (bicyclic) bond motifs is 1. The molecule has 0 aliphatic carbocycles. The molecule has 3 aromatic heterocycles. The molecule has 9 nitrogen and oxygen atoms in total. The maximum atomic E-state index is 8.92. The predicted octanol–water partition coefficient (Wildman–Crippen LogP) is 2.77. The van der Waals surface area contributed by atoms with Crippen molar-refractivity contribution < 1.29 is 9.84 Å². The number of ether oxygens (including phenoxy) is 1. The van der Waals surface area contributed by atoms with E-state index < -0.39 is 0 Å². The Labute approximate surface area is 191 Å². The van der Waals surface area contributed by atoms with Crippen LogP contribution in [0.25, 0.3) is 22.6 Å².